The molecule has 0 unspecified atom stereocenters. The molecule has 0 aliphatic carbocycles. The summed E-state index contributed by atoms with van der Waals surface area (Å²) >= 11 is 0. The van der Waals surface area contributed by atoms with E-state index in [4.69, 9.17) is 5.73 Å². The van der Waals surface area contributed by atoms with Gasteiger partial charge in [-0.2, -0.15) is 0 Å². The van der Waals surface area contributed by atoms with Gasteiger partial charge in [0.05, 0.1) is 0 Å². The maximum atomic E-state index is 6.00. The number of nitrogens with two attached hydrogens (primary N) is 1. The number of hydrogen-bond acceptors (Lipinski definition) is 3. The van der Waals surface area contributed by atoms with Crippen molar-refractivity contribution >= 4 is 5.82 Å². The Morgan fingerprint density at radius 3 is 2.53 bits per heavy atom. The number of aromatic nitrogens is 1. The first-order chi connectivity index (χ1) is 7.10. The first-order valence-electron chi connectivity index (χ1n) is 5.54. The molecule has 0 saturated carbocycles. The summed E-state index contributed by atoms with van der Waals surface area (Å²) in [6.45, 7) is 7.20. The maximum Gasteiger partial charge on any atom is 0.128 e. The van der Waals surface area contributed by atoms with Gasteiger partial charge in [-0.05, 0) is 31.9 Å². The second kappa shape index (κ2) is 5.12. The molecule has 0 bridgehead atoms. The van der Waals surface area contributed by atoms with Crippen LogP contribution in [0.25, 0.3) is 0 Å². The van der Waals surface area contributed by atoms with Gasteiger partial charge in [0.1, 0.15) is 5.82 Å². The van der Waals surface area contributed by atoms with Crippen LogP contribution in [0.15, 0.2) is 12.1 Å². The van der Waals surface area contributed by atoms with Crippen LogP contribution in [-0.4, -0.2) is 18.6 Å². The Kier molecular flexibility index (Phi) is 4.09. The van der Waals surface area contributed by atoms with Crippen molar-refractivity contribution in [2.24, 2.45) is 5.73 Å². The highest BCUT2D eigenvalue weighted by atomic mass is 15.2. The van der Waals surface area contributed by atoms with Gasteiger partial charge < -0.3 is 10.6 Å². The van der Waals surface area contributed by atoms with E-state index in [0.29, 0.717) is 0 Å². The predicted octanol–water partition coefficient (Wildman–Crippen LogP) is 2.26. The van der Waals surface area contributed by atoms with Crippen molar-refractivity contribution in [2.45, 2.75) is 33.2 Å². The molecule has 1 aromatic heterocycles. The Morgan fingerprint density at radius 1 is 1.40 bits per heavy atom. The highest BCUT2D eigenvalue weighted by Gasteiger charge is 2.09. The molecular weight excluding hydrogens is 186 g/mol. The van der Waals surface area contributed by atoms with Crippen molar-refractivity contribution in [1.82, 2.24) is 4.98 Å². The molecule has 1 atom stereocenters. The third-order valence-corrected chi connectivity index (χ3v) is 2.82. The van der Waals surface area contributed by atoms with Crippen molar-refractivity contribution < 1.29 is 0 Å². The van der Waals surface area contributed by atoms with Crippen molar-refractivity contribution in [2.75, 3.05) is 18.5 Å². The highest BCUT2D eigenvalue weighted by Crippen LogP contribution is 2.20. The lowest BCUT2D eigenvalue weighted by Crippen LogP contribution is -2.19. The Morgan fingerprint density at radius 2 is 2.07 bits per heavy atom. The average Bonchev–Trinajstić information content (AvgIpc) is 2.26. The zero-order valence-electron chi connectivity index (χ0n) is 10.1. The van der Waals surface area contributed by atoms with Crippen LogP contribution in [0.2, 0.25) is 0 Å². The summed E-state index contributed by atoms with van der Waals surface area (Å²) in [5, 5.41) is 0. The summed E-state index contributed by atoms with van der Waals surface area (Å²) in [6, 6.07) is 4.25. The summed E-state index contributed by atoms with van der Waals surface area (Å²) < 4.78 is 0. The molecule has 3 heteroatoms. The van der Waals surface area contributed by atoms with E-state index in [0.717, 1.165) is 30.0 Å². The monoisotopic (exact) mass is 207 g/mol. The minimum Gasteiger partial charge on any atom is -0.360 e. The van der Waals surface area contributed by atoms with Crippen LogP contribution in [0.1, 0.15) is 37.6 Å². The lowest BCUT2D eigenvalue weighted by molar-refractivity contribution is 0.688. The van der Waals surface area contributed by atoms with Gasteiger partial charge in [-0.25, -0.2) is 4.98 Å². The lowest BCUT2D eigenvalue weighted by Gasteiger charge is -2.18. The smallest absolute Gasteiger partial charge is 0.128 e. The van der Waals surface area contributed by atoms with Crippen molar-refractivity contribution in [1.29, 1.82) is 0 Å². The third-order valence-electron chi connectivity index (χ3n) is 2.82. The summed E-state index contributed by atoms with van der Waals surface area (Å²) in [7, 11) is 2.04. The first-order valence-corrected chi connectivity index (χ1v) is 5.54. The van der Waals surface area contributed by atoms with Crippen molar-refractivity contribution in [3.63, 3.8) is 0 Å². The quantitative estimate of drug-likeness (QED) is 0.823. The van der Waals surface area contributed by atoms with Crippen LogP contribution in [0.5, 0.6) is 0 Å². The van der Waals surface area contributed by atoms with Gasteiger partial charge >= 0.3 is 0 Å². The van der Waals surface area contributed by atoms with E-state index in [1.807, 2.05) is 20.0 Å². The maximum absolute atomic E-state index is 6.00. The minimum absolute atomic E-state index is 0.110. The van der Waals surface area contributed by atoms with E-state index in [9.17, 15) is 0 Å². The molecule has 1 aromatic rings. The molecule has 84 valence electrons. The Bertz CT molecular complexity index is 323. The molecule has 0 fully saturated rings. The Labute approximate surface area is 92.3 Å². The Hall–Kier alpha value is -1.09. The van der Waals surface area contributed by atoms with Gasteiger partial charge in [-0.15, -0.1) is 0 Å². The minimum atomic E-state index is 0.110. The molecule has 0 spiro atoms. The number of anilines is 1. The third kappa shape index (κ3) is 2.69. The number of nitrogens with zero attached hydrogens (tertiary/aromatic N) is 2. The van der Waals surface area contributed by atoms with Gasteiger partial charge in [0.25, 0.3) is 0 Å². The van der Waals surface area contributed by atoms with Gasteiger partial charge in [0.2, 0.25) is 0 Å². The zero-order chi connectivity index (χ0) is 11.4. The number of hydrogen-bond donors (Lipinski definition) is 1. The number of aryl methyl sites for hydroxylation is 1. The Balaban J connectivity index is 2.97. The van der Waals surface area contributed by atoms with Crippen molar-refractivity contribution in [3.05, 3.63) is 23.4 Å². The zero-order valence-corrected chi connectivity index (χ0v) is 10.1. The second-order valence-corrected chi connectivity index (χ2v) is 3.87. The number of pyridine rings is 1. The lowest BCUT2D eigenvalue weighted by atomic mass is 10.0. The molecule has 0 radical (unpaired) electrons. The summed E-state index contributed by atoms with van der Waals surface area (Å²) in [6.07, 6.45) is 0.950. The standard InChI is InChI=1S/C12H21N3/c1-5-11(13)10-7-8-12(14-9(10)3)15(4)6-2/h7-8,11H,5-6,13H2,1-4H3/t11-/m1/s1. The van der Waals surface area contributed by atoms with Gasteiger partial charge in [0.15, 0.2) is 0 Å². The predicted molar refractivity (Wildman–Crippen MR) is 65.1 cm³/mol. The van der Waals surface area contributed by atoms with Gasteiger partial charge in [0, 0.05) is 25.3 Å². The van der Waals surface area contributed by atoms with Crippen molar-refractivity contribution in [3.8, 4) is 0 Å². The normalized spacial score (nSPS) is 12.6. The molecule has 0 amide bonds. The molecule has 15 heavy (non-hydrogen) atoms. The topological polar surface area (TPSA) is 42.1 Å². The number of rotatable bonds is 4. The van der Waals surface area contributed by atoms with E-state index in [2.05, 4.69) is 29.8 Å². The summed E-state index contributed by atoms with van der Waals surface area (Å²) in [5.41, 5.74) is 8.20. The molecule has 2 N–H and O–H groups in total. The van der Waals surface area contributed by atoms with E-state index in [1.165, 1.54) is 0 Å². The SMILES string of the molecule is CC[C@@H](N)c1ccc(N(C)CC)nc1C. The van der Waals surface area contributed by atoms with Crippen LogP contribution in [0.3, 0.4) is 0 Å². The van der Waals surface area contributed by atoms with E-state index < -0.39 is 0 Å². The molecule has 1 heterocycles. The molecule has 1 rings (SSSR count). The van der Waals surface area contributed by atoms with Crippen LogP contribution < -0.4 is 10.6 Å². The van der Waals surface area contributed by atoms with Gasteiger partial charge in [-0.1, -0.05) is 13.0 Å². The van der Waals surface area contributed by atoms with Crippen LogP contribution >= 0.6 is 0 Å². The van der Waals surface area contributed by atoms with Crippen LogP contribution in [0.4, 0.5) is 5.82 Å². The second-order valence-electron chi connectivity index (χ2n) is 3.87. The molecule has 0 saturated heterocycles. The molecule has 0 aromatic carbocycles. The first kappa shape index (κ1) is 12.0. The van der Waals surface area contributed by atoms with E-state index in [1.54, 1.807) is 0 Å². The average molecular weight is 207 g/mol. The molecule has 0 aliphatic heterocycles. The van der Waals surface area contributed by atoms with Crippen LogP contribution in [0, 0.1) is 6.92 Å². The fraction of sp³-hybridized carbons (Fsp3) is 0.583. The van der Waals surface area contributed by atoms with Gasteiger partial charge in [-0.3, -0.25) is 0 Å². The highest BCUT2D eigenvalue weighted by molar-refractivity contribution is 5.41. The van der Waals surface area contributed by atoms with Crippen LogP contribution in [-0.2, 0) is 0 Å². The summed E-state index contributed by atoms with van der Waals surface area (Å²) in [5.74, 6) is 1.02. The summed E-state index contributed by atoms with van der Waals surface area (Å²) in [4.78, 5) is 6.68. The van der Waals surface area contributed by atoms with E-state index >= 15 is 0 Å². The van der Waals surface area contributed by atoms with E-state index in [-0.39, 0.29) is 6.04 Å². The molecule has 0 aliphatic rings. The largest absolute Gasteiger partial charge is 0.360 e. The fourth-order valence-electron chi connectivity index (χ4n) is 1.54. The fourth-order valence-corrected chi connectivity index (χ4v) is 1.54. The molecular formula is C12H21N3. The molecule has 3 nitrogen and oxygen atoms in total.